The van der Waals surface area contributed by atoms with E-state index < -0.39 is 6.10 Å². The highest BCUT2D eigenvalue weighted by atomic mass is 19.1. The number of amides is 1. The van der Waals surface area contributed by atoms with Gasteiger partial charge in [-0.25, -0.2) is 13.8 Å². The molecule has 7 heteroatoms. The van der Waals surface area contributed by atoms with E-state index >= 15 is 0 Å². The molecule has 4 fully saturated rings. The van der Waals surface area contributed by atoms with Crippen LogP contribution in [-0.2, 0) is 11.2 Å². The minimum Gasteiger partial charge on any atom is -0.392 e. The number of aliphatic hydroxyl groups is 1. The second-order valence-electron chi connectivity index (χ2n) is 11.4. The van der Waals surface area contributed by atoms with Crippen molar-refractivity contribution in [1.29, 1.82) is 0 Å². The topological polar surface area (TPSA) is 58.4 Å². The molecule has 36 heavy (non-hydrogen) atoms. The molecule has 2 saturated heterocycles. The molecule has 2 aromatic carbocycles. The molecule has 1 aromatic heterocycles. The van der Waals surface area contributed by atoms with Gasteiger partial charge in [-0.05, 0) is 68.2 Å². The van der Waals surface area contributed by atoms with Gasteiger partial charge in [0, 0.05) is 28.6 Å². The Kier molecular flexibility index (Phi) is 4.91. The predicted octanol–water partition coefficient (Wildman–Crippen LogP) is 4.88. The van der Waals surface area contributed by atoms with Crippen LogP contribution in [0.1, 0.15) is 55.7 Å². The average molecular weight is 490 g/mol. The maximum absolute atomic E-state index is 15.0. The molecule has 2 saturated carbocycles. The summed E-state index contributed by atoms with van der Waals surface area (Å²) in [5, 5.41) is 11.7. The molecule has 5 nitrogen and oxygen atoms in total. The van der Waals surface area contributed by atoms with E-state index in [4.69, 9.17) is 0 Å². The number of aliphatic hydroxyl groups excluding tert-OH is 1. The third-order valence-corrected chi connectivity index (χ3v) is 9.35. The molecule has 4 atom stereocenters. The van der Waals surface area contributed by atoms with E-state index in [1.165, 1.54) is 18.2 Å². The van der Waals surface area contributed by atoms with Gasteiger partial charge in [0.15, 0.2) is 0 Å². The number of hydrogen-bond acceptors (Lipinski definition) is 3. The minimum absolute atomic E-state index is 0.0925. The van der Waals surface area contributed by atoms with Gasteiger partial charge in [0.25, 0.3) is 0 Å². The molecule has 1 amide bonds. The van der Waals surface area contributed by atoms with Crippen molar-refractivity contribution in [3.63, 3.8) is 0 Å². The zero-order valence-corrected chi connectivity index (χ0v) is 20.0. The Bertz CT molecular complexity index is 1320. The van der Waals surface area contributed by atoms with Crippen molar-refractivity contribution >= 4 is 5.91 Å². The van der Waals surface area contributed by atoms with Crippen molar-refractivity contribution in [3.8, 4) is 11.3 Å². The van der Waals surface area contributed by atoms with Crippen molar-refractivity contribution < 1.29 is 18.7 Å². The van der Waals surface area contributed by atoms with Crippen molar-refractivity contribution in [2.45, 2.75) is 69.2 Å². The molecule has 4 unspecified atom stereocenters. The number of aromatic nitrogens is 2. The Hall–Kier alpha value is -3.06. The van der Waals surface area contributed by atoms with Crippen molar-refractivity contribution in [2.24, 2.45) is 11.3 Å². The zero-order chi connectivity index (χ0) is 24.6. The van der Waals surface area contributed by atoms with Crippen LogP contribution in [0.4, 0.5) is 8.78 Å². The van der Waals surface area contributed by atoms with Gasteiger partial charge in [0.05, 0.1) is 36.8 Å². The molecule has 3 aromatic rings. The van der Waals surface area contributed by atoms with E-state index in [9.17, 15) is 18.7 Å². The molecule has 2 aliphatic carbocycles. The Labute approximate surface area is 208 Å². The molecule has 186 valence electrons. The summed E-state index contributed by atoms with van der Waals surface area (Å²) in [4.78, 5) is 19.7. The van der Waals surface area contributed by atoms with E-state index in [0.29, 0.717) is 17.9 Å². The number of nitrogens with zero attached hydrogens (tertiary/aromatic N) is 3. The first-order valence-electron chi connectivity index (χ1n) is 13.0. The number of halogens is 2. The van der Waals surface area contributed by atoms with E-state index in [1.54, 1.807) is 30.7 Å². The molecule has 4 heterocycles. The van der Waals surface area contributed by atoms with Crippen LogP contribution in [0.2, 0.25) is 0 Å². The minimum atomic E-state index is -0.592. The number of fused-ring (bicyclic) bond motifs is 3. The van der Waals surface area contributed by atoms with E-state index in [1.807, 2.05) is 10.6 Å². The molecular weight excluding hydrogens is 460 g/mol. The van der Waals surface area contributed by atoms with Gasteiger partial charge in [-0.15, -0.1) is 0 Å². The quantitative estimate of drug-likeness (QED) is 0.556. The molecule has 0 radical (unpaired) electrons. The number of carbonyl (C=O) groups excluding carboxylic acids is 1. The zero-order valence-electron chi connectivity index (χ0n) is 20.0. The van der Waals surface area contributed by atoms with Crippen LogP contribution < -0.4 is 0 Å². The third-order valence-electron chi connectivity index (χ3n) is 9.35. The average Bonchev–Trinajstić information content (AvgIpc) is 3.43. The van der Waals surface area contributed by atoms with Crippen LogP contribution in [0.5, 0.6) is 0 Å². The first kappa shape index (κ1) is 22.2. The van der Waals surface area contributed by atoms with Gasteiger partial charge in [0.2, 0.25) is 5.91 Å². The standard InChI is InChI=1S/C29H29F2N3O2/c30-19-6-4-17(5-7-19)10-27(36)34-20-8-18-9-21(34)14-29(12-18,13-20)26(35)11-24-28-22(2-1-3-23(28)31)25-15-32-16-33(24)25/h1-7,15-16,18,20-21,24,26,35H,8-14H2. The van der Waals surface area contributed by atoms with Gasteiger partial charge in [-0.2, -0.15) is 0 Å². The largest absolute Gasteiger partial charge is 0.392 e. The smallest absolute Gasteiger partial charge is 0.227 e. The van der Waals surface area contributed by atoms with Gasteiger partial charge in [-0.1, -0.05) is 24.3 Å². The molecule has 0 spiro atoms. The van der Waals surface area contributed by atoms with Gasteiger partial charge in [-0.3, -0.25) is 4.79 Å². The predicted molar refractivity (Wildman–Crippen MR) is 130 cm³/mol. The highest BCUT2D eigenvalue weighted by molar-refractivity contribution is 5.80. The molecular formula is C29H29F2N3O2. The first-order chi connectivity index (χ1) is 17.4. The van der Waals surface area contributed by atoms with Gasteiger partial charge >= 0.3 is 0 Å². The normalized spacial score (nSPS) is 30.4. The molecule has 4 bridgehead atoms. The van der Waals surface area contributed by atoms with Crippen LogP contribution >= 0.6 is 0 Å². The number of carbonyl (C=O) groups is 1. The number of hydrogen-bond donors (Lipinski definition) is 1. The second-order valence-corrected chi connectivity index (χ2v) is 11.4. The summed E-state index contributed by atoms with van der Waals surface area (Å²) in [5.41, 5.74) is 2.97. The first-order valence-corrected chi connectivity index (χ1v) is 13.0. The SMILES string of the molecule is O=C(Cc1ccc(F)cc1)N1C2CC3CC1CC(C(O)CC1c4c(F)cccc4-c4cncn41)(C3)C2. The highest BCUT2D eigenvalue weighted by Gasteiger charge is 2.58. The fraction of sp³-hybridized carbons (Fsp3) is 0.448. The Morgan fingerprint density at radius 1 is 1.08 bits per heavy atom. The summed E-state index contributed by atoms with van der Waals surface area (Å²) < 4.78 is 30.3. The van der Waals surface area contributed by atoms with Crippen LogP contribution in [0, 0.1) is 23.0 Å². The van der Waals surface area contributed by atoms with Crippen LogP contribution in [-0.4, -0.2) is 43.7 Å². The third kappa shape index (κ3) is 3.28. The maximum Gasteiger partial charge on any atom is 0.227 e. The van der Waals surface area contributed by atoms with Crippen LogP contribution in [0.3, 0.4) is 0 Å². The van der Waals surface area contributed by atoms with Crippen molar-refractivity contribution in [3.05, 3.63) is 77.8 Å². The van der Waals surface area contributed by atoms with Crippen molar-refractivity contribution in [2.75, 3.05) is 0 Å². The van der Waals surface area contributed by atoms with E-state index in [0.717, 1.165) is 48.9 Å². The second kappa shape index (κ2) is 7.97. The molecule has 5 aliphatic rings. The summed E-state index contributed by atoms with van der Waals surface area (Å²) in [5.74, 6) is 0.0550. The maximum atomic E-state index is 15.0. The fourth-order valence-electron chi connectivity index (χ4n) is 8.06. The Morgan fingerprint density at radius 3 is 2.58 bits per heavy atom. The summed E-state index contributed by atoms with van der Waals surface area (Å²) >= 11 is 0. The lowest BCUT2D eigenvalue weighted by molar-refractivity contribution is -0.173. The lowest BCUT2D eigenvalue weighted by atomic mass is 9.53. The van der Waals surface area contributed by atoms with Crippen molar-refractivity contribution in [1.82, 2.24) is 14.5 Å². The van der Waals surface area contributed by atoms with Gasteiger partial charge in [0.1, 0.15) is 11.6 Å². The number of imidazole rings is 1. The summed E-state index contributed by atoms with van der Waals surface area (Å²) in [6.45, 7) is 0. The van der Waals surface area contributed by atoms with E-state index in [2.05, 4.69) is 9.88 Å². The monoisotopic (exact) mass is 489 g/mol. The van der Waals surface area contributed by atoms with E-state index in [-0.39, 0.29) is 47.5 Å². The molecule has 3 aliphatic heterocycles. The lowest BCUT2D eigenvalue weighted by Gasteiger charge is -2.63. The fourth-order valence-corrected chi connectivity index (χ4v) is 8.06. The van der Waals surface area contributed by atoms with Crippen LogP contribution in [0.25, 0.3) is 11.3 Å². The Morgan fingerprint density at radius 2 is 1.83 bits per heavy atom. The molecule has 8 rings (SSSR count). The number of rotatable bonds is 5. The van der Waals surface area contributed by atoms with Crippen LogP contribution in [0.15, 0.2) is 55.0 Å². The van der Waals surface area contributed by atoms with Gasteiger partial charge < -0.3 is 14.6 Å². The number of benzene rings is 2. The summed E-state index contributed by atoms with van der Waals surface area (Å²) in [6, 6.07) is 11.3. The molecule has 1 N–H and O–H groups in total. The lowest BCUT2D eigenvalue weighted by Crippen LogP contribution is -2.66. The number of piperidine rings is 2. The Balaban J connectivity index is 1.13. The highest BCUT2D eigenvalue weighted by Crippen LogP contribution is 2.59. The summed E-state index contributed by atoms with van der Waals surface area (Å²) in [7, 11) is 0. The summed E-state index contributed by atoms with van der Waals surface area (Å²) in [6.07, 6.45) is 8.11.